The van der Waals surface area contributed by atoms with Crippen molar-refractivity contribution < 1.29 is 5.11 Å². The predicted molar refractivity (Wildman–Crippen MR) is 43.3 cm³/mol. The van der Waals surface area contributed by atoms with E-state index in [1.165, 1.54) is 12.1 Å². The number of rotatable bonds is 0. The lowest BCUT2D eigenvalue weighted by Gasteiger charge is -1.93. The molecule has 0 fully saturated rings. The van der Waals surface area contributed by atoms with Gasteiger partial charge in [-0.05, 0) is 34.7 Å². The zero-order valence-corrected chi connectivity index (χ0v) is 7.03. The van der Waals surface area contributed by atoms with Gasteiger partial charge in [0.15, 0.2) is 0 Å². The first-order chi connectivity index (χ1) is 4.74. The minimum atomic E-state index is 0.111. The average molecular weight is 246 g/mol. The Kier molecular flexibility index (Phi) is 2.06. The molecule has 0 atom stereocenters. The zero-order chi connectivity index (χ0) is 7.56. The summed E-state index contributed by atoms with van der Waals surface area (Å²) in [5.74, 6) is 0.111. The molecule has 1 N–H and O–H groups in total. The first kappa shape index (κ1) is 7.28. The van der Waals surface area contributed by atoms with Gasteiger partial charge in [-0.3, -0.25) is 0 Å². The van der Waals surface area contributed by atoms with Gasteiger partial charge in [0.2, 0.25) is 0 Å². The van der Waals surface area contributed by atoms with Crippen molar-refractivity contribution in [2.75, 3.05) is 0 Å². The van der Waals surface area contributed by atoms with Gasteiger partial charge in [-0.15, -0.1) is 0 Å². The summed E-state index contributed by atoms with van der Waals surface area (Å²) in [6.07, 6.45) is 0. The van der Waals surface area contributed by atoms with Gasteiger partial charge in [-0.25, -0.2) is 4.98 Å². The molecule has 0 aliphatic carbocycles. The Morgan fingerprint density at radius 2 is 2.30 bits per heavy atom. The largest absolute Gasteiger partial charge is 0.505 e. The topological polar surface area (TPSA) is 56.9 Å². The minimum absolute atomic E-state index is 0.111. The van der Waals surface area contributed by atoms with Crippen LogP contribution in [0, 0.1) is 15.0 Å². The van der Waals surface area contributed by atoms with Crippen molar-refractivity contribution in [2.45, 2.75) is 0 Å². The third-order valence-corrected chi connectivity index (χ3v) is 1.74. The molecule has 0 saturated heterocycles. The molecule has 0 radical (unpaired) electrons. The minimum Gasteiger partial charge on any atom is -0.505 e. The number of hydrogen-bond donors (Lipinski definition) is 1. The summed E-state index contributed by atoms with van der Waals surface area (Å²) in [7, 11) is 0. The van der Waals surface area contributed by atoms with Crippen molar-refractivity contribution in [3.8, 4) is 11.8 Å². The SMILES string of the molecule is N#Cc1ccc(O)c(I)n1. The molecule has 0 aliphatic rings. The van der Waals surface area contributed by atoms with Crippen LogP contribution in [0.1, 0.15) is 5.69 Å². The van der Waals surface area contributed by atoms with Crippen LogP contribution in [0.5, 0.6) is 5.75 Å². The summed E-state index contributed by atoms with van der Waals surface area (Å²) in [6.45, 7) is 0. The molecule has 1 aromatic heterocycles. The molecule has 0 bridgehead atoms. The van der Waals surface area contributed by atoms with Gasteiger partial charge in [0.1, 0.15) is 21.2 Å². The lowest BCUT2D eigenvalue weighted by Crippen LogP contribution is -1.84. The molecule has 4 heteroatoms. The van der Waals surface area contributed by atoms with Crippen LogP contribution < -0.4 is 0 Å². The van der Waals surface area contributed by atoms with Crippen LogP contribution >= 0.6 is 22.6 Å². The Morgan fingerprint density at radius 1 is 1.60 bits per heavy atom. The van der Waals surface area contributed by atoms with Gasteiger partial charge in [0.05, 0.1) is 0 Å². The summed E-state index contributed by atoms with van der Waals surface area (Å²) >= 11 is 1.86. The molecule has 1 aromatic rings. The van der Waals surface area contributed by atoms with Gasteiger partial charge in [-0.2, -0.15) is 5.26 Å². The van der Waals surface area contributed by atoms with Gasteiger partial charge >= 0.3 is 0 Å². The lowest BCUT2D eigenvalue weighted by atomic mass is 10.4. The second-order valence-electron chi connectivity index (χ2n) is 1.62. The third-order valence-electron chi connectivity index (χ3n) is 0.944. The van der Waals surface area contributed by atoms with Gasteiger partial charge in [0.25, 0.3) is 0 Å². The van der Waals surface area contributed by atoms with Crippen LogP contribution in [0.4, 0.5) is 0 Å². The van der Waals surface area contributed by atoms with Crippen LogP contribution in [0.25, 0.3) is 0 Å². The average Bonchev–Trinajstić information content (AvgIpc) is 1.95. The second kappa shape index (κ2) is 2.84. The van der Waals surface area contributed by atoms with E-state index in [2.05, 4.69) is 4.98 Å². The molecule has 0 saturated carbocycles. The van der Waals surface area contributed by atoms with Gasteiger partial charge in [0, 0.05) is 0 Å². The second-order valence-corrected chi connectivity index (χ2v) is 2.64. The predicted octanol–water partition coefficient (Wildman–Crippen LogP) is 1.26. The summed E-state index contributed by atoms with van der Waals surface area (Å²) in [5.41, 5.74) is 0.321. The highest BCUT2D eigenvalue weighted by atomic mass is 127. The van der Waals surface area contributed by atoms with Crippen molar-refractivity contribution in [2.24, 2.45) is 0 Å². The first-order valence-corrected chi connectivity index (χ1v) is 3.57. The molecule has 3 nitrogen and oxygen atoms in total. The van der Waals surface area contributed by atoms with E-state index in [0.717, 1.165) is 0 Å². The fourth-order valence-electron chi connectivity index (χ4n) is 0.489. The van der Waals surface area contributed by atoms with E-state index in [-0.39, 0.29) is 5.75 Å². The molecule has 0 unspecified atom stereocenters. The molecule has 0 aromatic carbocycles. The van der Waals surface area contributed by atoms with E-state index >= 15 is 0 Å². The summed E-state index contributed by atoms with van der Waals surface area (Å²) in [6, 6.07) is 4.79. The maximum atomic E-state index is 8.96. The fraction of sp³-hybridized carbons (Fsp3) is 0. The number of pyridine rings is 1. The number of aromatic hydroxyl groups is 1. The highest BCUT2D eigenvalue weighted by molar-refractivity contribution is 14.1. The molecule has 0 aliphatic heterocycles. The highest BCUT2D eigenvalue weighted by Gasteiger charge is 1.98. The van der Waals surface area contributed by atoms with E-state index < -0.39 is 0 Å². The smallest absolute Gasteiger partial charge is 0.147 e. The monoisotopic (exact) mass is 246 g/mol. The molecule has 50 valence electrons. The molecule has 0 spiro atoms. The number of halogens is 1. The van der Waals surface area contributed by atoms with Crippen LogP contribution in [0.3, 0.4) is 0 Å². The Morgan fingerprint density at radius 3 is 2.80 bits per heavy atom. The molecular formula is C6H3IN2O. The molecule has 0 amide bonds. The summed E-state index contributed by atoms with van der Waals surface area (Å²) in [4.78, 5) is 3.77. The highest BCUT2D eigenvalue weighted by Crippen LogP contribution is 2.15. The summed E-state index contributed by atoms with van der Waals surface area (Å²) in [5, 5.41) is 17.3. The van der Waals surface area contributed by atoms with Gasteiger partial charge in [-0.1, -0.05) is 0 Å². The van der Waals surface area contributed by atoms with Crippen molar-refractivity contribution in [1.82, 2.24) is 4.98 Å². The quantitative estimate of drug-likeness (QED) is 0.553. The Hall–Kier alpha value is -0.830. The van der Waals surface area contributed by atoms with Crippen molar-refractivity contribution >= 4 is 22.6 Å². The Labute approximate surface area is 71.5 Å². The number of nitrogens with zero attached hydrogens (tertiary/aromatic N) is 2. The fourth-order valence-corrected chi connectivity index (χ4v) is 0.929. The van der Waals surface area contributed by atoms with Crippen molar-refractivity contribution in [3.63, 3.8) is 0 Å². The van der Waals surface area contributed by atoms with E-state index in [0.29, 0.717) is 9.39 Å². The van der Waals surface area contributed by atoms with E-state index in [1.807, 2.05) is 28.7 Å². The first-order valence-electron chi connectivity index (χ1n) is 2.49. The van der Waals surface area contributed by atoms with E-state index in [1.54, 1.807) is 0 Å². The molecular weight excluding hydrogens is 243 g/mol. The lowest BCUT2D eigenvalue weighted by molar-refractivity contribution is 0.468. The number of hydrogen-bond acceptors (Lipinski definition) is 3. The van der Waals surface area contributed by atoms with Gasteiger partial charge < -0.3 is 5.11 Å². The normalized spacial score (nSPS) is 8.80. The Balaban J connectivity index is 3.20. The molecule has 1 heterocycles. The molecule has 1 rings (SSSR count). The van der Waals surface area contributed by atoms with Crippen molar-refractivity contribution in [1.29, 1.82) is 5.26 Å². The summed E-state index contributed by atoms with van der Waals surface area (Å²) < 4.78 is 0.455. The molecule has 10 heavy (non-hydrogen) atoms. The van der Waals surface area contributed by atoms with E-state index in [4.69, 9.17) is 10.4 Å². The standard InChI is InChI=1S/C6H3IN2O/c7-6-5(10)2-1-4(3-8)9-6/h1-2,10H. The van der Waals surface area contributed by atoms with Crippen LogP contribution in [-0.4, -0.2) is 10.1 Å². The number of nitriles is 1. The maximum Gasteiger partial charge on any atom is 0.147 e. The van der Waals surface area contributed by atoms with Crippen LogP contribution in [0.15, 0.2) is 12.1 Å². The van der Waals surface area contributed by atoms with Crippen molar-refractivity contribution in [3.05, 3.63) is 21.5 Å². The van der Waals surface area contributed by atoms with Crippen LogP contribution in [-0.2, 0) is 0 Å². The number of aromatic nitrogens is 1. The van der Waals surface area contributed by atoms with Crippen LogP contribution in [0.2, 0.25) is 0 Å². The van der Waals surface area contributed by atoms with E-state index in [9.17, 15) is 0 Å². The maximum absolute atomic E-state index is 8.96. The zero-order valence-electron chi connectivity index (χ0n) is 4.87. The Bertz CT molecular complexity index is 292. The third kappa shape index (κ3) is 1.36.